The summed E-state index contributed by atoms with van der Waals surface area (Å²) < 4.78 is 2.65. The molecule has 8 aromatic carbocycles. The van der Waals surface area contributed by atoms with Gasteiger partial charge in [-0.2, -0.15) is 0 Å². The highest BCUT2D eigenvalue weighted by Crippen LogP contribution is 2.51. The van der Waals surface area contributed by atoms with Crippen LogP contribution < -0.4 is 4.90 Å². The Morgan fingerprint density at radius 1 is 0.436 bits per heavy atom. The molecule has 1 nitrogen and oxygen atoms in total. The zero-order chi connectivity index (χ0) is 37.3. The largest absolute Gasteiger partial charge is 0.310 e. The first-order chi connectivity index (χ1) is 26.8. The van der Waals surface area contributed by atoms with E-state index < -0.39 is 0 Å². The van der Waals surface area contributed by atoms with Gasteiger partial charge in [0.1, 0.15) is 0 Å². The second-order valence-corrected chi connectivity index (χ2v) is 16.6. The Hall–Kier alpha value is -6.22. The van der Waals surface area contributed by atoms with Gasteiger partial charge >= 0.3 is 0 Å². The molecule has 1 aromatic heterocycles. The fourth-order valence-electron chi connectivity index (χ4n) is 8.97. The number of rotatable bonds is 6. The summed E-state index contributed by atoms with van der Waals surface area (Å²) in [7, 11) is 0. The van der Waals surface area contributed by atoms with E-state index in [-0.39, 0.29) is 5.41 Å². The van der Waals surface area contributed by atoms with Crippen molar-refractivity contribution in [2.75, 3.05) is 4.90 Å². The Balaban J connectivity index is 1.10. The van der Waals surface area contributed by atoms with Crippen molar-refractivity contribution in [1.82, 2.24) is 0 Å². The molecule has 0 spiro atoms. The number of nitrogens with zero attached hydrogens (tertiary/aromatic N) is 1. The van der Waals surface area contributed by atoms with Crippen molar-refractivity contribution in [1.29, 1.82) is 0 Å². The lowest BCUT2D eigenvalue weighted by molar-refractivity contribution is 0.659. The maximum Gasteiger partial charge on any atom is 0.0467 e. The van der Waals surface area contributed by atoms with E-state index in [2.05, 4.69) is 209 Å². The third-order valence-corrected chi connectivity index (χ3v) is 12.7. The molecule has 1 heterocycles. The smallest absolute Gasteiger partial charge is 0.0467 e. The standard InChI is InChI=1S/C53H41NS/c1-34-29-35(2)51-46-33-40(25-28-47(46)53(3,4)48(51)30-34)39-16-11-18-43(32-39)54(42-17-10-15-38(31-42)36-13-6-5-7-14-36)41-26-23-37(24-27-41)44-20-12-22-50-52(44)45-19-8-9-21-49(45)55-50/h5-33H,1-4H3. The monoisotopic (exact) mass is 723 g/mol. The first-order valence-electron chi connectivity index (χ1n) is 19.2. The Kier molecular flexibility index (Phi) is 7.87. The van der Waals surface area contributed by atoms with Crippen molar-refractivity contribution in [2.45, 2.75) is 33.1 Å². The predicted molar refractivity (Wildman–Crippen MR) is 237 cm³/mol. The van der Waals surface area contributed by atoms with Crippen LogP contribution in [0.1, 0.15) is 36.1 Å². The highest BCUT2D eigenvalue weighted by Gasteiger charge is 2.36. The molecule has 0 amide bonds. The van der Waals surface area contributed by atoms with Gasteiger partial charge in [0.05, 0.1) is 0 Å². The molecule has 1 aliphatic rings. The van der Waals surface area contributed by atoms with Crippen molar-refractivity contribution in [3.05, 3.63) is 198 Å². The maximum absolute atomic E-state index is 2.42. The molecule has 0 saturated heterocycles. The Labute approximate surface area is 327 Å². The molecule has 264 valence electrons. The lowest BCUT2D eigenvalue weighted by Gasteiger charge is -2.27. The second-order valence-electron chi connectivity index (χ2n) is 15.5. The van der Waals surface area contributed by atoms with E-state index in [1.807, 2.05) is 11.3 Å². The summed E-state index contributed by atoms with van der Waals surface area (Å²) >= 11 is 1.87. The summed E-state index contributed by atoms with van der Waals surface area (Å²) in [6.45, 7) is 9.21. The highest BCUT2D eigenvalue weighted by molar-refractivity contribution is 7.25. The third kappa shape index (κ3) is 5.60. The molecule has 0 atom stereocenters. The predicted octanol–water partition coefficient (Wildman–Crippen LogP) is 15.4. The molecular weight excluding hydrogens is 683 g/mol. The molecule has 0 aliphatic heterocycles. The molecule has 0 N–H and O–H groups in total. The molecule has 0 radical (unpaired) electrons. The maximum atomic E-state index is 2.42. The van der Waals surface area contributed by atoms with Crippen LogP contribution in [0.15, 0.2) is 176 Å². The van der Waals surface area contributed by atoms with Gasteiger partial charge in [0.2, 0.25) is 0 Å². The summed E-state index contributed by atoms with van der Waals surface area (Å²) in [5.41, 5.74) is 18.9. The van der Waals surface area contributed by atoms with E-state index in [0.29, 0.717) is 0 Å². The number of hydrogen-bond donors (Lipinski definition) is 0. The molecule has 0 fully saturated rings. The van der Waals surface area contributed by atoms with Crippen molar-refractivity contribution in [3.8, 4) is 44.5 Å². The molecule has 10 rings (SSSR count). The first kappa shape index (κ1) is 33.4. The molecule has 55 heavy (non-hydrogen) atoms. The quantitative estimate of drug-likeness (QED) is 0.165. The average molecular weight is 724 g/mol. The second kappa shape index (κ2) is 13.0. The van der Waals surface area contributed by atoms with E-state index >= 15 is 0 Å². The first-order valence-corrected chi connectivity index (χ1v) is 20.0. The number of anilines is 3. The van der Waals surface area contributed by atoms with Gasteiger partial charge in [0, 0.05) is 42.6 Å². The van der Waals surface area contributed by atoms with Crippen molar-refractivity contribution >= 4 is 48.6 Å². The van der Waals surface area contributed by atoms with Gasteiger partial charge in [-0.1, -0.05) is 141 Å². The average Bonchev–Trinajstić information content (AvgIpc) is 3.71. The van der Waals surface area contributed by atoms with E-state index in [9.17, 15) is 0 Å². The fraction of sp³-hybridized carbons (Fsp3) is 0.0943. The van der Waals surface area contributed by atoms with Gasteiger partial charge in [-0.15, -0.1) is 11.3 Å². The van der Waals surface area contributed by atoms with E-state index in [1.165, 1.54) is 86.9 Å². The van der Waals surface area contributed by atoms with Crippen LogP contribution in [0.25, 0.3) is 64.7 Å². The molecule has 0 unspecified atom stereocenters. The molecule has 0 bridgehead atoms. The zero-order valence-corrected chi connectivity index (χ0v) is 32.4. The summed E-state index contributed by atoms with van der Waals surface area (Å²) in [6, 6.07) is 65.1. The number of benzene rings is 8. The van der Waals surface area contributed by atoms with Gasteiger partial charge in [0.15, 0.2) is 0 Å². The van der Waals surface area contributed by atoms with Gasteiger partial charge in [-0.05, 0) is 130 Å². The van der Waals surface area contributed by atoms with Crippen molar-refractivity contribution in [2.24, 2.45) is 0 Å². The van der Waals surface area contributed by atoms with Crippen LogP contribution >= 0.6 is 11.3 Å². The lowest BCUT2D eigenvalue weighted by Crippen LogP contribution is -2.15. The van der Waals surface area contributed by atoms with Crippen LogP contribution in [0.3, 0.4) is 0 Å². The zero-order valence-electron chi connectivity index (χ0n) is 31.6. The Morgan fingerprint density at radius 2 is 1.05 bits per heavy atom. The number of fused-ring (bicyclic) bond motifs is 6. The van der Waals surface area contributed by atoms with Crippen molar-refractivity contribution in [3.63, 3.8) is 0 Å². The van der Waals surface area contributed by atoms with Crippen LogP contribution in [-0.4, -0.2) is 0 Å². The third-order valence-electron chi connectivity index (χ3n) is 11.6. The van der Waals surface area contributed by atoms with Crippen molar-refractivity contribution < 1.29 is 0 Å². The van der Waals surface area contributed by atoms with Gasteiger partial charge in [-0.3, -0.25) is 0 Å². The molecular formula is C53H41NS. The Bertz CT molecular complexity index is 2910. The van der Waals surface area contributed by atoms with E-state index in [0.717, 1.165) is 17.1 Å². The molecule has 2 heteroatoms. The van der Waals surface area contributed by atoms with Gasteiger partial charge in [-0.25, -0.2) is 0 Å². The minimum atomic E-state index is -0.0311. The summed E-state index contributed by atoms with van der Waals surface area (Å²) in [5, 5.41) is 2.66. The van der Waals surface area contributed by atoms with Crippen LogP contribution in [0.4, 0.5) is 17.1 Å². The number of thiophene rings is 1. The van der Waals surface area contributed by atoms with Crippen LogP contribution in [-0.2, 0) is 5.41 Å². The number of aryl methyl sites for hydroxylation is 2. The van der Waals surface area contributed by atoms with Gasteiger partial charge < -0.3 is 4.90 Å². The Morgan fingerprint density at radius 3 is 1.82 bits per heavy atom. The summed E-state index contributed by atoms with van der Waals surface area (Å²) in [4.78, 5) is 2.40. The molecule has 0 saturated carbocycles. The topological polar surface area (TPSA) is 3.24 Å². The molecule has 9 aromatic rings. The summed E-state index contributed by atoms with van der Waals surface area (Å²) in [6.07, 6.45) is 0. The fourth-order valence-corrected chi connectivity index (χ4v) is 10.1. The van der Waals surface area contributed by atoms with Crippen LogP contribution in [0.5, 0.6) is 0 Å². The minimum absolute atomic E-state index is 0.0311. The normalized spacial score (nSPS) is 12.9. The number of hydrogen-bond acceptors (Lipinski definition) is 2. The summed E-state index contributed by atoms with van der Waals surface area (Å²) in [5.74, 6) is 0. The van der Waals surface area contributed by atoms with E-state index in [1.54, 1.807) is 0 Å². The minimum Gasteiger partial charge on any atom is -0.310 e. The van der Waals surface area contributed by atoms with Crippen LogP contribution in [0.2, 0.25) is 0 Å². The van der Waals surface area contributed by atoms with Gasteiger partial charge in [0.25, 0.3) is 0 Å². The SMILES string of the molecule is Cc1cc(C)c2c(c1)C(C)(C)c1ccc(-c3cccc(N(c4ccc(-c5cccc6sc7ccccc7c56)cc4)c4cccc(-c5ccccc5)c4)c3)cc1-2. The highest BCUT2D eigenvalue weighted by atomic mass is 32.1. The lowest BCUT2D eigenvalue weighted by atomic mass is 9.81. The van der Waals surface area contributed by atoms with Crippen LogP contribution in [0, 0.1) is 13.8 Å². The van der Waals surface area contributed by atoms with E-state index in [4.69, 9.17) is 0 Å². The molecule has 1 aliphatic carbocycles.